The number of nitrogens with zero attached hydrogens (tertiary/aromatic N) is 2. The number of carboxylic acids is 1. The van der Waals surface area contributed by atoms with Gasteiger partial charge in [-0.15, -0.1) is 0 Å². The van der Waals surface area contributed by atoms with Gasteiger partial charge >= 0.3 is 5.97 Å². The molecule has 0 bridgehead atoms. The minimum absolute atomic E-state index is 0.253. The molecule has 0 amide bonds. The van der Waals surface area contributed by atoms with Gasteiger partial charge in [0.2, 0.25) is 0 Å². The summed E-state index contributed by atoms with van der Waals surface area (Å²) in [5, 5.41) is 8.38. The summed E-state index contributed by atoms with van der Waals surface area (Å²) in [4.78, 5) is 14.9. The highest BCUT2D eigenvalue weighted by atomic mass is 19.1. The second-order valence-electron chi connectivity index (χ2n) is 8.58. The van der Waals surface area contributed by atoms with E-state index in [9.17, 15) is 9.18 Å². The molecule has 2 aromatic carbocycles. The highest BCUT2D eigenvalue weighted by Gasteiger charge is 2.20. The van der Waals surface area contributed by atoms with Crippen LogP contribution in [0.3, 0.4) is 0 Å². The number of carbonyl (C=O) groups is 1. The SMILES string of the molecule is CCC/C=C\c1c(C)c(C)cc(OC)c1CN1CCN(CCF)CC1.O=C(O)c1ccccc1. The number of ether oxygens (including phenoxy) is 1. The molecule has 1 aliphatic heterocycles. The third-order valence-electron chi connectivity index (χ3n) is 6.19. The van der Waals surface area contributed by atoms with Crippen molar-refractivity contribution < 1.29 is 19.0 Å². The number of methoxy groups -OCH3 is 1. The molecular formula is C28H39FN2O3. The Hall–Kier alpha value is -2.70. The van der Waals surface area contributed by atoms with Gasteiger partial charge in [-0.1, -0.05) is 43.7 Å². The highest BCUT2D eigenvalue weighted by Crippen LogP contribution is 2.31. The van der Waals surface area contributed by atoms with Gasteiger partial charge < -0.3 is 9.84 Å². The Morgan fingerprint density at radius 2 is 1.76 bits per heavy atom. The zero-order valence-electron chi connectivity index (χ0n) is 21.0. The molecule has 3 rings (SSSR count). The summed E-state index contributed by atoms with van der Waals surface area (Å²) in [6.07, 6.45) is 6.79. The van der Waals surface area contributed by atoms with Gasteiger partial charge in [0, 0.05) is 44.8 Å². The molecule has 0 unspecified atom stereocenters. The number of unbranched alkanes of at least 4 members (excludes halogenated alkanes) is 1. The van der Waals surface area contributed by atoms with Crippen LogP contribution in [-0.2, 0) is 6.54 Å². The maximum atomic E-state index is 12.5. The first-order chi connectivity index (χ1) is 16.4. The van der Waals surface area contributed by atoms with E-state index in [1.54, 1.807) is 37.4 Å². The Labute approximate surface area is 203 Å². The van der Waals surface area contributed by atoms with Gasteiger partial charge in [0.15, 0.2) is 0 Å². The molecule has 1 N–H and O–H groups in total. The van der Waals surface area contributed by atoms with Gasteiger partial charge in [0.1, 0.15) is 12.4 Å². The number of piperazine rings is 1. The van der Waals surface area contributed by atoms with Gasteiger partial charge in [-0.05, 0) is 55.2 Å². The quantitative estimate of drug-likeness (QED) is 0.517. The van der Waals surface area contributed by atoms with Crippen LogP contribution in [-0.4, -0.2) is 67.4 Å². The summed E-state index contributed by atoms with van der Waals surface area (Å²) in [6.45, 7) is 11.6. The zero-order chi connectivity index (χ0) is 24.9. The third kappa shape index (κ3) is 8.26. The molecule has 34 heavy (non-hydrogen) atoms. The number of hydrogen-bond donors (Lipinski definition) is 1. The van der Waals surface area contributed by atoms with Crippen molar-refractivity contribution in [1.29, 1.82) is 0 Å². The summed E-state index contributed by atoms with van der Waals surface area (Å²) in [7, 11) is 1.76. The number of halogens is 1. The van der Waals surface area contributed by atoms with Crippen molar-refractivity contribution >= 4 is 12.0 Å². The topological polar surface area (TPSA) is 53.0 Å². The van der Waals surface area contributed by atoms with Crippen LogP contribution in [0.5, 0.6) is 5.75 Å². The van der Waals surface area contributed by atoms with Crippen molar-refractivity contribution in [2.24, 2.45) is 0 Å². The van der Waals surface area contributed by atoms with E-state index >= 15 is 0 Å². The number of benzene rings is 2. The number of carboxylic acid groups (broad SMARTS) is 1. The van der Waals surface area contributed by atoms with Crippen molar-refractivity contribution in [3.63, 3.8) is 0 Å². The summed E-state index contributed by atoms with van der Waals surface area (Å²) in [6, 6.07) is 10.4. The van der Waals surface area contributed by atoms with Crippen LogP contribution in [0.2, 0.25) is 0 Å². The van der Waals surface area contributed by atoms with Crippen LogP contribution in [0.25, 0.3) is 6.08 Å². The molecule has 5 nitrogen and oxygen atoms in total. The minimum atomic E-state index is -0.879. The lowest BCUT2D eigenvalue weighted by atomic mass is 9.95. The Balaban J connectivity index is 0.000000379. The molecule has 0 spiro atoms. The van der Waals surface area contributed by atoms with Crippen LogP contribution >= 0.6 is 0 Å². The molecule has 6 heteroatoms. The molecule has 0 saturated carbocycles. The highest BCUT2D eigenvalue weighted by molar-refractivity contribution is 5.87. The first-order valence-electron chi connectivity index (χ1n) is 12.0. The summed E-state index contributed by atoms with van der Waals surface area (Å²) in [5.41, 5.74) is 5.51. The fourth-order valence-electron chi connectivity index (χ4n) is 4.00. The number of aryl methyl sites for hydroxylation is 1. The van der Waals surface area contributed by atoms with Crippen LogP contribution in [0.4, 0.5) is 4.39 Å². The predicted molar refractivity (Wildman–Crippen MR) is 138 cm³/mol. The fraction of sp³-hybridized carbons (Fsp3) is 0.464. The molecule has 0 radical (unpaired) electrons. The fourth-order valence-corrected chi connectivity index (χ4v) is 4.00. The summed E-state index contributed by atoms with van der Waals surface area (Å²) < 4.78 is 18.2. The van der Waals surface area contributed by atoms with Crippen LogP contribution in [0.1, 0.15) is 52.4 Å². The molecule has 1 saturated heterocycles. The van der Waals surface area contributed by atoms with Crippen molar-refractivity contribution in [2.75, 3.05) is 46.5 Å². The monoisotopic (exact) mass is 470 g/mol. The van der Waals surface area contributed by atoms with Gasteiger partial charge in [-0.2, -0.15) is 0 Å². The van der Waals surface area contributed by atoms with Gasteiger partial charge in [-0.3, -0.25) is 9.80 Å². The molecule has 1 aliphatic rings. The largest absolute Gasteiger partial charge is 0.496 e. The van der Waals surface area contributed by atoms with Crippen molar-refractivity contribution in [3.8, 4) is 5.75 Å². The van der Waals surface area contributed by atoms with Crippen LogP contribution in [0, 0.1) is 13.8 Å². The van der Waals surface area contributed by atoms with Crippen molar-refractivity contribution in [2.45, 2.75) is 40.2 Å². The van der Waals surface area contributed by atoms with E-state index in [1.165, 1.54) is 22.3 Å². The normalized spacial score (nSPS) is 14.6. The lowest BCUT2D eigenvalue weighted by molar-refractivity contribution is 0.0697. The summed E-state index contributed by atoms with van der Waals surface area (Å²) in [5.74, 6) is 0.0982. The standard InChI is InChI=1S/C21H33FN2O.C7H6O2/c1-5-6-7-8-19-18(3)17(2)15-21(25-4)20(19)16-24-13-11-23(10-9-22)12-14-24;8-7(9)6-4-2-1-3-5-6/h7-8,15H,5-6,9-14,16H2,1-4H3;1-5H,(H,8,9)/b8-7-;. The second-order valence-corrected chi connectivity index (χ2v) is 8.58. The molecule has 1 fully saturated rings. The molecule has 1 heterocycles. The van der Waals surface area contributed by atoms with Crippen molar-refractivity contribution in [1.82, 2.24) is 9.80 Å². The molecular weight excluding hydrogens is 431 g/mol. The van der Waals surface area contributed by atoms with E-state index in [-0.39, 0.29) is 6.67 Å². The smallest absolute Gasteiger partial charge is 0.335 e. The first kappa shape index (κ1) is 27.5. The summed E-state index contributed by atoms with van der Waals surface area (Å²) >= 11 is 0. The van der Waals surface area contributed by atoms with Gasteiger partial charge in [0.05, 0.1) is 12.7 Å². The van der Waals surface area contributed by atoms with E-state index < -0.39 is 5.97 Å². The van der Waals surface area contributed by atoms with E-state index in [0.717, 1.165) is 51.3 Å². The molecule has 0 aromatic heterocycles. The molecule has 186 valence electrons. The van der Waals surface area contributed by atoms with E-state index in [2.05, 4.69) is 48.8 Å². The number of aromatic carboxylic acids is 1. The number of rotatable bonds is 9. The van der Waals surface area contributed by atoms with E-state index in [1.807, 2.05) is 0 Å². The first-order valence-corrected chi connectivity index (χ1v) is 12.0. The van der Waals surface area contributed by atoms with Crippen LogP contribution in [0.15, 0.2) is 42.5 Å². The lowest BCUT2D eigenvalue weighted by Gasteiger charge is -2.35. The van der Waals surface area contributed by atoms with Crippen molar-refractivity contribution in [3.05, 3.63) is 70.3 Å². The Bertz CT molecular complexity index is 923. The van der Waals surface area contributed by atoms with E-state index in [0.29, 0.717) is 12.1 Å². The zero-order valence-corrected chi connectivity index (χ0v) is 21.0. The second kappa shape index (κ2) is 14.5. The lowest BCUT2D eigenvalue weighted by Crippen LogP contribution is -2.46. The molecule has 2 aromatic rings. The number of allylic oxidation sites excluding steroid dienone is 1. The molecule has 0 aliphatic carbocycles. The average molecular weight is 471 g/mol. The van der Waals surface area contributed by atoms with Crippen LogP contribution < -0.4 is 4.74 Å². The van der Waals surface area contributed by atoms with Gasteiger partial charge in [-0.25, -0.2) is 9.18 Å². The Kier molecular flexibility index (Phi) is 11.8. The predicted octanol–water partition coefficient (Wildman–Crippen LogP) is 5.60. The Morgan fingerprint density at radius 1 is 1.12 bits per heavy atom. The average Bonchev–Trinajstić information content (AvgIpc) is 2.85. The van der Waals surface area contributed by atoms with E-state index in [4.69, 9.17) is 9.84 Å². The minimum Gasteiger partial charge on any atom is -0.496 e. The maximum Gasteiger partial charge on any atom is 0.335 e. The molecule has 0 atom stereocenters. The Morgan fingerprint density at radius 3 is 2.29 bits per heavy atom. The third-order valence-corrected chi connectivity index (χ3v) is 6.19. The van der Waals surface area contributed by atoms with Gasteiger partial charge in [0.25, 0.3) is 0 Å². The maximum absolute atomic E-state index is 12.5. The number of alkyl halides is 1. The number of hydrogen-bond acceptors (Lipinski definition) is 4.